The van der Waals surface area contributed by atoms with E-state index in [1.165, 1.54) is 29.4 Å². The number of nitrogens with zero attached hydrogens (tertiary/aromatic N) is 2. The van der Waals surface area contributed by atoms with Crippen molar-refractivity contribution in [2.75, 3.05) is 4.90 Å². The average Bonchev–Trinajstić information content (AvgIpc) is 3.40. The smallest absolute Gasteiger partial charge is 0.387 e. The van der Waals surface area contributed by atoms with Gasteiger partial charge in [0, 0.05) is 28.3 Å². The predicted molar refractivity (Wildman–Crippen MR) is 118 cm³/mol. The number of ether oxygens (including phenoxy) is 1. The fourth-order valence-electron chi connectivity index (χ4n) is 4.08. The van der Waals surface area contributed by atoms with Crippen LogP contribution in [-0.4, -0.2) is 29.2 Å². The van der Waals surface area contributed by atoms with Gasteiger partial charge in [-0.3, -0.25) is 19.3 Å². The number of anilines is 1. The van der Waals surface area contributed by atoms with Gasteiger partial charge < -0.3 is 9.26 Å². The molecule has 1 saturated heterocycles. The van der Waals surface area contributed by atoms with Gasteiger partial charge in [0.2, 0.25) is 5.78 Å². The van der Waals surface area contributed by atoms with Crippen LogP contribution in [0.4, 0.5) is 14.5 Å². The Morgan fingerprint density at radius 2 is 1.74 bits per heavy atom. The monoisotopic (exact) mass is 468 g/mol. The molecular weight excluding hydrogens is 446 g/mol. The molecule has 1 amide bonds. The third-order valence-electron chi connectivity index (χ3n) is 5.66. The van der Waals surface area contributed by atoms with Gasteiger partial charge in [-0.05, 0) is 18.2 Å². The zero-order valence-corrected chi connectivity index (χ0v) is 18.7. The number of hydrogen-bond donors (Lipinski definition) is 0. The lowest BCUT2D eigenvalue weighted by atomic mass is 9.77. The van der Waals surface area contributed by atoms with E-state index >= 15 is 0 Å². The molecule has 2 atom stereocenters. The predicted octanol–water partition coefficient (Wildman–Crippen LogP) is 4.83. The molecule has 2 heterocycles. The number of amides is 1. The minimum Gasteiger partial charge on any atom is -0.434 e. The number of rotatable bonds is 6. The molecule has 0 aliphatic carbocycles. The first-order chi connectivity index (χ1) is 16.1. The molecule has 1 fully saturated rings. The Kier molecular flexibility index (Phi) is 6.03. The summed E-state index contributed by atoms with van der Waals surface area (Å²) in [6, 6.07) is 12.9. The van der Waals surface area contributed by atoms with Crippen molar-refractivity contribution in [3.63, 3.8) is 0 Å². The van der Waals surface area contributed by atoms with Crippen molar-refractivity contribution in [2.24, 2.45) is 11.3 Å². The molecule has 0 radical (unpaired) electrons. The Balaban J connectivity index is 1.85. The highest BCUT2D eigenvalue weighted by atomic mass is 19.3. The Morgan fingerprint density at radius 3 is 2.32 bits per heavy atom. The minimum atomic E-state index is -3.12. The molecule has 3 aromatic rings. The molecule has 1 aromatic heterocycles. The largest absolute Gasteiger partial charge is 0.434 e. The van der Waals surface area contributed by atoms with Crippen LogP contribution in [0.5, 0.6) is 5.75 Å². The quantitative estimate of drug-likeness (QED) is 0.380. The van der Waals surface area contributed by atoms with E-state index in [1.54, 1.807) is 57.2 Å². The normalized spacial score (nSPS) is 18.6. The summed E-state index contributed by atoms with van der Waals surface area (Å²) < 4.78 is 35.8. The number of halogens is 2. The molecule has 2 unspecified atom stereocenters. The van der Waals surface area contributed by atoms with Crippen LogP contribution < -0.4 is 9.64 Å². The SMILES string of the molecule is CC(C)(C)C(=O)C1C(=O)C(=O)N(c2ccc(-c3ccon3)cc2)C1c1ccccc1OC(F)F. The number of carbonyl (C=O) groups excluding carboxylic acids is 3. The van der Waals surface area contributed by atoms with Gasteiger partial charge in [-0.25, -0.2) is 0 Å². The van der Waals surface area contributed by atoms with Gasteiger partial charge in [-0.2, -0.15) is 8.78 Å². The Hall–Kier alpha value is -3.88. The van der Waals surface area contributed by atoms with Crippen molar-refractivity contribution in [2.45, 2.75) is 33.4 Å². The Labute approximate surface area is 194 Å². The number of hydrogen-bond acceptors (Lipinski definition) is 6. The van der Waals surface area contributed by atoms with Gasteiger partial charge >= 0.3 is 6.61 Å². The first-order valence-electron chi connectivity index (χ1n) is 10.6. The van der Waals surface area contributed by atoms with Crippen LogP contribution >= 0.6 is 0 Å². The van der Waals surface area contributed by atoms with Crippen molar-refractivity contribution in [1.82, 2.24) is 5.16 Å². The van der Waals surface area contributed by atoms with Crippen molar-refractivity contribution in [3.8, 4) is 17.0 Å². The number of benzene rings is 2. The fourth-order valence-corrected chi connectivity index (χ4v) is 4.08. The number of para-hydroxylation sites is 1. The molecule has 0 bridgehead atoms. The Morgan fingerprint density at radius 1 is 1.06 bits per heavy atom. The Bertz CT molecular complexity index is 1220. The van der Waals surface area contributed by atoms with E-state index < -0.39 is 41.5 Å². The van der Waals surface area contributed by atoms with Gasteiger partial charge in [0.25, 0.3) is 5.91 Å². The van der Waals surface area contributed by atoms with Crippen molar-refractivity contribution in [3.05, 3.63) is 66.4 Å². The summed E-state index contributed by atoms with van der Waals surface area (Å²) in [4.78, 5) is 40.8. The van der Waals surface area contributed by atoms with Crippen molar-refractivity contribution in [1.29, 1.82) is 0 Å². The van der Waals surface area contributed by atoms with E-state index in [1.807, 2.05) is 0 Å². The van der Waals surface area contributed by atoms with E-state index in [0.29, 0.717) is 16.9 Å². The standard InChI is InChI=1S/C25H22F2N2O5/c1-25(2,3)22(31)19-20(16-6-4-5-7-18(16)34-24(26)27)29(23(32)21(19)30)15-10-8-14(9-11-15)17-12-13-33-28-17/h4-13,19-20,24H,1-3H3. The number of aromatic nitrogens is 1. The lowest BCUT2D eigenvalue weighted by Crippen LogP contribution is -2.36. The minimum absolute atomic E-state index is 0.144. The molecule has 176 valence electrons. The molecule has 1 aliphatic rings. The maximum Gasteiger partial charge on any atom is 0.387 e. The summed E-state index contributed by atoms with van der Waals surface area (Å²) in [5, 5.41) is 3.86. The molecule has 0 spiro atoms. The number of Topliss-reactive ketones (excluding diaryl/α,β-unsaturated/α-hetero) is 2. The second-order valence-corrected chi connectivity index (χ2v) is 8.92. The zero-order valence-electron chi connectivity index (χ0n) is 18.7. The van der Waals surface area contributed by atoms with E-state index in [-0.39, 0.29) is 11.3 Å². The topological polar surface area (TPSA) is 89.7 Å². The number of alkyl halides is 2. The van der Waals surface area contributed by atoms with E-state index in [0.717, 1.165) is 0 Å². The third kappa shape index (κ3) is 4.21. The molecule has 2 aromatic carbocycles. The van der Waals surface area contributed by atoms with E-state index in [2.05, 4.69) is 9.89 Å². The fraction of sp³-hybridized carbons (Fsp3) is 0.280. The van der Waals surface area contributed by atoms with Crippen LogP contribution in [0.3, 0.4) is 0 Å². The molecule has 7 nitrogen and oxygen atoms in total. The van der Waals surface area contributed by atoms with E-state index in [4.69, 9.17) is 4.52 Å². The lowest BCUT2D eigenvalue weighted by molar-refractivity contribution is -0.141. The first-order valence-corrected chi connectivity index (χ1v) is 10.6. The van der Waals surface area contributed by atoms with Gasteiger partial charge in [-0.1, -0.05) is 56.3 Å². The van der Waals surface area contributed by atoms with E-state index in [9.17, 15) is 23.2 Å². The van der Waals surface area contributed by atoms with Gasteiger partial charge in [0.1, 0.15) is 23.6 Å². The van der Waals surface area contributed by atoms with Crippen molar-refractivity contribution >= 4 is 23.2 Å². The molecule has 34 heavy (non-hydrogen) atoms. The summed E-state index contributed by atoms with van der Waals surface area (Å²) in [7, 11) is 0. The highest BCUT2D eigenvalue weighted by Gasteiger charge is 2.54. The first kappa shape index (κ1) is 23.3. The highest BCUT2D eigenvalue weighted by molar-refractivity contribution is 6.48. The van der Waals surface area contributed by atoms with Gasteiger partial charge in [0.15, 0.2) is 5.78 Å². The molecule has 4 rings (SSSR count). The second-order valence-electron chi connectivity index (χ2n) is 8.92. The highest BCUT2D eigenvalue weighted by Crippen LogP contribution is 2.45. The zero-order chi connectivity index (χ0) is 24.6. The van der Waals surface area contributed by atoms with Gasteiger partial charge in [0.05, 0.1) is 6.04 Å². The molecular formula is C25H22F2N2O5. The van der Waals surface area contributed by atoms with Gasteiger partial charge in [-0.15, -0.1) is 0 Å². The molecule has 0 saturated carbocycles. The van der Waals surface area contributed by atoms with Crippen LogP contribution in [0.15, 0.2) is 65.4 Å². The second kappa shape index (κ2) is 8.81. The summed E-state index contributed by atoms with van der Waals surface area (Å²) in [5.41, 5.74) is 0.792. The van der Waals surface area contributed by atoms with Crippen LogP contribution in [0.1, 0.15) is 32.4 Å². The number of ketones is 2. The molecule has 9 heteroatoms. The maximum absolute atomic E-state index is 13.3. The van der Waals surface area contributed by atoms with Crippen LogP contribution in [-0.2, 0) is 14.4 Å². The maximum atomic E-state index is 13.3. The lowest BCUT2D eigenvalue weighted by Gasteiger charge is -2.31. The summed E-state index contributed by atoms with van der Waals surface area (Å²) in [6.45, 7) is 1.80. The molecule has 0 N–H and O–H groups in total. The van der Waals surface area contributed by atoms with Crippen molar-refractivity contribution < 1.29 is 32.4 Å². The summed E-state index contributed by atoms with van der Waals surface area (Å²) >= 11 is 0. The summed E-state index contributed by atoms with van der Waals surface area (Å²) in [6.07, 6.45) is 1.42. The van der Waals surface area contributed by atoms with Crippen LogP contribution in [0, 0.1) is 11.3 Å². The third-order valence-corrected chi connectivity index (χ3v) is 5.66. The summed E-state index contributed by atoms with van der Waals surface area (Å²) in [5.74, 6) is -3.85. The van der Waals surface area contributed by atoms with Crippen LogP contribution in [0.25, 0.3) is 11.3 Å². The average molecular weight is 468 g/mol. The number of carbonyl (C=O) groups is 3. The molecule has 1 aliphatic heterocycles. The van der Waals surface area contributed by atoms with Crippen LogP contribution in [0.2, 0.25) is 0 Å².